The highest BCUT2D eigenvalue weighted by atomic mass is 79.9. The number of likely N-dealkylation sites (N-methyl/N-ethyl adjacent to an activating group) is 1. The van der Waals surface area contributed by atoms with Crippen LogP contribution in [0.1, 0.15) is 32.5 Å². The number of nitrogen functional groups attached to an aromatic ring is 1. The van der Waals surface area contributed by atoms with Crippen LogP contribution < -0.4 is 5.73 Å². The van der Waals surface area contributed by atoms with Gasteiger partial charge in [-0.3, -0.25) is 9.59 Å². The van der Waals surface area contributed by atoms with Gasteiger partial charge < -0.3 is 25.0 Å². The number of benzene rings is 1. The Kier molecular flexibility index (Phi) is 7.37. The summed E-state index contributed by atoms with van der Waals surface area (Å²) < 4.78 is 3.04. The molecule has 0 saturated carbocycles. The minimum Gasteiger partial charge on any atom is -0.382 e. The number of pyridine rings is 1. The van der Waals surface area contributed by atoms with Crippen molar-refractivity contribution in [2.24, 2.45) is 0 Å². The molecule has 10 heteroatoms. The van der Waals surface area contributed by atoms with Crippen LogP contribution in [0.5, 0.6) is 0 Å². The van der Waals surface area contributed by atoms with Crippen LogP contribution in [0, 0.1) is 0 Å². The van der Waals surface area contributed by atoms with E-state index in [0.717, 1.165) is 52.9 Å². The number of nitrogens with two attached hydrogens (primary N) is 1. The van der Waals surface area contributed by atoms with Gasteiger partial charge in [0.25, 0.3) is 0 Å². The normalized spacial score (nSPS) is 14.8. The van der Waals surface area contributed by atoms with E-state index in [0.29, 0.717) is 43.8 Å². The largest absolute Gasteiger partial charge is 0.382 e. The quantitative estimate of drug-likeness (QED) is 0.505. The second kappa shape index (κ2) is 10.3. The zero-order valence-corrected chi connectivity index (χ0v) is 21.6. The number of imidazole rings is 1. The third kappa shape index (κ3) is 5.02. The number of aryl methyl sites for hydroxylation is 1. The van der Waals surface area contributed by atoms with E-state index >= 15 is 0 Å². The molecule has 182 valence electrons. The lowest BCUT2D eigenvalue weighted by Crippen LogP contribution is -2.47. The van der Waals surface area contributed by atoms with Gasteiger partial charge in [0.2, 0.25) is 11.8 Å². The minimum absolute atomic E-state index is 0.00811. The third-order valence-electron chi connectivity index (χ3n) is 6.53. The molecule has 0 aliphatic carbocycles. The lowest BCUT2D eigenvalue weighted by Gasteiger charge is -2.32. The van der Waals surface area contributed by atoms with Crippen LogP contribution in [-0.2, 0) is 22.7 Å². The minimum atomic E-state index is -0.00811. The lowest BCUT2D eigenvalue weighted by atomic mass is 10.1. The highest BCUT2D eigenvalue weighted by molar-refractivity contribution is 9.10. The molecule has 0 atom stereocenters. The van der Waals surface area contributed by atoms with Gasteiger partial charge in [0.1, 0.15) is 11.3 Å². The summed E-state index contributed by atoms with van der Waals surface area (Å²) >= 11 is 3.51. The molecule has 9 nitrogen and oxygen atoms in total. The molecule has 0 radical (unpaired) electrons. The topological polar surface area (TPSA) is 101 Å². The smallest absolute Gasteiger partial charge is 0.222 e. The van der Waals surface area contributed by atoms with Gasteiger partial charge in [0.05, 0.1) is 17.6 Å². The lowest BCUT2D eigenvalue weighted by molar-refractivity contribution is -0.133. The molecule has 34 heavy (non-hydrogen) atoms. The third-order valence-corrected chi connectivity index (χ3v) is 7.03. The predicted octanol–water partition coefficient (Wildman–Crippen LogP) is 2.85. The molecular weight excluding hydrogens is 498 g/mol. The summed E-state index contributed by atoms with van der Waals surface area (Å²) in [6.45, 7) is 8.46. The number of amides is 2. The maximum atomic E-state index is 12.8. The molecule has 0 bridgehead atoms. The molecule has 1 saturated heterocycles. The van der Waals surface area contributed by atoms with E-state index in [1.165, 1.54) is 0 Å². The first kappa shape index (κ1) is 24.4. The average Bonchev–Trinajstić information content (AvgIpc) is 3.16. The Hall–Kier alpha value is -2.72. The second-order valence-corrected chi connectivity index (χ2v) is 9.77. The molecule has 4 rings (SSSR count). The molecule has 2 aromatic heterocycles. The van der Waals surface area contributed by atoms with Crippen molar-refractivity contribution in [1.82, 2.24) is 29.2 Å². The van der Waals surface area contributed by atoms with Crippen LogP contribution in [0.2, 0.25) is 0 Å². The van der Waals surface area contributed by atoms with Gasteiger partial charge >= 0.3 is 0 Å². The summed E-state index contributed by atoms with van der Waals surface area (Å²) in [5.41, 5.74) is 8.63. The number of nitrogens with zero attached hydrogens (tertiary/aromatic N) is 6. The van der Waals surface area contributed by atoms with Crippen LogP contribution in [0.4, 0.5) is 5.82 Å². The Balaban J connectivity index is 1.67. The van der Waals surface area contributed by atoms with Gasteiger partial charge in [0.15, 0.2) is 5.82 Å². The highest BCUT2D eigenvalue weighted by Gasteiger charge is 2.22. The summed E-state index contributed by atoms with van der Waals surface area (Å²) in [5.74, 6) is 1.29. The number of hydrogen-bond donors (Lipinski definition) is 1. The molecule has 1 fully saturated rings. The van der Waals surface area contributed by atoms with Crippen molar-refractivity contribution in [2.45, 2.75) is 39.8 Å². The number of anilines is 1. The van der Waals surface area contributed by atoms with E-state index < -0.39 is 0 Å². The molecule has 0 spiro atoms. The van der Waals surface area contributed by atoms with E-state index in [1.807, 2.05) is 30.0 Å². The fourth-order valence-electron chi connectivity index (χ4n) is 4.51. The SMILES string of the molecule is CCN(Cc1nc2c(N)nc3cc(Br)ccc3c2n1CCCC(=O)N1CCN(C)CC1)C(C)=O. The molecular formula is C24H32BrN7O2. The van der Waals surface area contributed by atoms with Crippen LogP contribution >= 0.6 is 15.9 Å². The van der Waals surface area contributed by atoms with Gasteiger partial charge in [-0.15, -0.1) is 0 Å². The molecule has 3 aromatic rings. The molecule has 3 heterocycles. The van der Waals surface area contributed by atoms with Gasteiger partial charge in [-0.1, -0.05) is 15.9 Å². The van der Waals surface area contributed by atoms with E-state index in [-0.39, 0.29) is 11.8 Å². The summed E-state index contributed by atoms with van der Waals surface area (Å²) in [6, 6.07) is 5.92. The zero-order chi connectivity index (χ0) is 24.4. The summed E-state index contributed by atoms with van der Waals surface area (Å²) in [4.78, 5) is 40.2. The fourth-order valence-corrected chi connectivity index (χ4v) is 4.86. The molecule has 1 aliphatic rings. The van der Waals surface area contributed by atoms with Crippen molar-refractivity contribution in [2.75, 3.05) is 45.5 Å². The second-order valence-electron chi connectivity index (χ2n) is 8.86. The number of piperazine rings is 1. The number of aromatic nitrogens is 3. The van der Waals surface area contributed by atoms with E-state index in [4.69, 9.17) is 10.7 Å². The summed E-state index contributed by atoms with van der Waals surface area (Å²) in [6.07, 6.45) is 1.15. The van der Waals surface area contributed by atoms with Crippen molar-refractivity contribution in [1.29, 1.82) is 0 Å². The number of rotatable bonds is 7. The summed E-state index contributed by atoms with van der Waals surface area (Å²) in [7, 11) is 2.08. The van der Waals surface area contributed by atoms with E-state index in [1.54, 1.807) is 11.8 Å². The first-order valence-electron chi connectivity index (χ1n) is 11.7. The Morgan fingerprint density at radius 2 is 1.91 bits per heavy atom. The zero-order valence-electron chi connectivity index (χ0n) is 20.1. The molecule has 1 aromatic carbocycles. The van der Waals surface area contributed by atoms with Crippen molar-refractivity contribution >= 4 is 55.5 Å². The van der Waals surface area contributed by atoms with Crippen LogP contribution in [0.25, 0.3) is 21.9 Å². The van der Waals surface area contributed by atoms with Gasteiger partial charge in [0, 0.05) is 62.5 Å². The van der Waals surface area contributed by atoms with E-state index in [2.05, 4.69) is 37.4 Å². The average molecular weight is 530 g/mol. The molecule has 0 unspecified atom stereocenters. The van der Waals surface area contributed by atoms with Crippen LogP contribution in [-0.4, -0.2) is 80.8 Å². The standard InChI is InChI=1S/C24H32BrN7O2/c1-4-30(16(2)33)15-20-28-22-23(18-8-7-17(25)14-19(18)27-24(22)26)32(20)9-5-6-21(34)31-12-10-29(3)11-13-31/h7-8,14H,4-6,9-13,15H2,1-3H3,(H2,26,27). The van der Waals surface area contributed by atoms with Crippen molar-refractivity contribution < 1.29 is 9.59 Å². The van der Waals surface area contributed by atoms with Gasteiger partial charge in [-0.25, -0.2) is 9.97 Å². The van der Waals surface area contributed by atoms with Crippen LogP contribution in [0.15, 0.2) is 22.7 Å². The highest BCUT2D eigenvalue weighted by Crippen LogP contribution is 2.31. The Morgan fingerprint density at radius 1 is 1.18 bits per heavy atom. The Bertz CT molecular complexity index is 1220. The first-order valence-corrected chi connectivity index (χ1v) is 12.5. The number of fused-ring (bicyclic) bond motifs is 3. The Labute approximate surface area is 208 Å². The fraction of sp³-hybridized carbons (Fsp3) is 0.500. The maximum absolute atomic E-state index is 12.8. The van der Waals surface area contributed by atoms with E-state index in [9.17, 15) is 9.59 Å². The number of carbonyl (C=O) groups is 2. The number of carbonyl (C=O) groups excluding carboxylic acids is 2. The first-order chi connectivity index (χ1) is 16.3. The van der Waals surface area contributed by atoms with Crippen molar-refractivity contribution in [3.05, 3.63) is 28.5 Å². The Morgan fingerprint density at radius 3 is 2.59 bits per heavy atom. The molecule has 1 aliphatic heterocycles. The van der Waals surface area contributed by atoms with Gasteiger partial charge in [-0.2, -0.15) is 0 Å². The van der Waals surface area contributed by atoms with Crippen LogP contribution in [0.3, 0.4) is 0 Å². The number of hydrogen-bond acceptors (Lipinski definition) is 6. The molecule has 2 N–H and O–H groups in total. The molecule has 2 amide bonds. The monoisotopic (exact) mass is 529 g/mol. The van der Waals surface area contributed by atoms with Crippen molar-refractivity contribution in [3.63, 3.8) is 0 Å². The summed E-state index contributed by atoms with van der Waals surface area (Å²) in [5, 5.41) is 0.947. The van der Waals surface area contributed by atoms with Crippen molar-refractivity contribution in [3.8, 4) is 0 Å². The number of halogens is 1. The predicted molar refractivity (Wildman–Crippen MR) is 137 cm³/mol. The van der Waals surface area contributed by atoms with Gasteiger partial charge in [-0.05, 0) is 38.6 Å². The maximum Gasteiger partial charge on any atom is 0.222 e.